The smallest absolute Gasteiger partial charge is 0.269 e. The Balaban J connectivity index is 1.68. The molecule has 0 saturated carbocycles. The molecule has 0 aliphatic carbocycles. The lowest BCUT2D eigenvalue weighted by atomic mass is 10.1. The molecule has 7 nitrogen and oxygen atoms in total. The molecule has 2 heterocycles. The fraction of sp³-hybridized carbons (Fsp3) is 0.375. The van der Waals surface area contributed by atoms with Gasteiger partial charge in [-0.05, 0) is 23.9 Å². The van der Waals surface area contributed by atoms with E-state index in [1.54, 1.807) is 29.6 Å². The first-order valence-electron chi connectivity index (χ1n) is 7.91. The molecule has 0 bridgehead atoms. The van der Waals surface area contributed by atoms with Gasteiger partial charge in [0.2, 0.25) is 0 Å². The van der Waals surface area contributed by atoms with Gasteiger partial charge in [0.1, 0.15) is 4.21 Å². The maximum atomic E-state index is 12.6. The summed E-state index contributed by atoms with van der Waals surface area (Å²) in [7, 11) is -3.41. The molecule has 1 aromatic heterocycles. The zero-order valence-electron chi connectivity index (χ0n) is 13.7. The van der Waals surface area contributed by atoms with Crippen LogP contribution in [0.3, 0.4) is 0 Å². The maximum Gasteiger partial charge on any atom is 0.269 e. The molecule has 1 aliphatic rings. The molecule has 0 amide bonds. The minimum atomic E-state index is -3.41. The van der Waals surface area contributed by atoms with Crippen molar-refractivity contribution in [2.45, 2.75) is 17.2 Å². The Morgan fingerprint density at radius 2 is 1.88 bits per heavy atom. The monoisotopic (exact) mass is 381 g/mol. The number of nitrogens with zero attached hydrogens (tertiary/aromatic N) is 3. The molecule has 9 heteroatoms. The topological polar surface area (TPSA) is 83.8 Å². The first-order valence-corrected chi connectivity index (χ1v) is 10.2. The summed E-state index contributed by atoms with van der Waals surface area (Å²) in [6.07, 6.45) is 0. The number of non-ortho nitro benzene ring substituents is 1. The van der Waals surface area contributed by atoms with Gasteiger partial charge in [-0.1, -0.05) is 18.2 Å². The zero-order valence-corrected chi connectivity index (χ0v) is 15.4. The Bertz CT molecular complexity index is 844. The van der Waals surface area contributed by atoms with Gasteiger partial charge in [-0.3, -0.25) is 15.0 Å². The number of sulfonamides is 1. The summed E-state index contributed by atoms with van der Waals surface area (Å²) >= 11 is 1.22. The molecule has 1 aromatic carbocycles. The third-order valence-electron chi connectivity index (χ3n) is 4.47. The van der Waals surface area contributed by atoms with Gasteiger partial charge in [-0.25, -0.2) is 8.42 Å². The van der Waals surface area contributed by atoms with E-state index in [9.17, 15) is 18.5 Å². The number of hydrogen-bond acceptors (Lipinski definition) is 6. The number of thiophene rings is 1. The lowest BCUT2D eigenvalue weighted by Crippen LogP contribution is -2.49. The molecular formula is C16H19N3O4S2. The van der Waals surface area contributed by atoms with Crippen LogP contribution in [0.25, 0.3) is 0 Å². The fourth-order valence-corrected chi connectivity index (χ4v) is 5.54. The third kappa shape index (κ3) is 3.74. The highest BCUT2D eigenvalue weighted by atomic mass is 32.2. The van der Waals surface area contributed by atoms with E-state index < -0.39 is 14.9 Å². The number of nitro groups is 1. The molecule has 3 rings (SSSR count). The highest BCUT2D eigenvalue weighted by molar-refractivity contribution is 7.91. The van der Waals surface area contributed by atoms with Crippen LogP contribution >= 0.6 is 11.3 Å². The molecule has 0 unspecified atom stereocenters. The second-order valence-corrected chi connectivity index (χ2v) is 9.01. The molecule has 0 spiro atoms. The van der Waals surface area contributed by atoms with Crippen LogP contribution in [-0.4, -0.2) is 48.7 Å². The van der Waals surface area contributed by atoms with E-state index in [4.69, 9.17) is 0 Å². The van der Waals surface area contributed by atoms with Crippen LogP contribution in [0.2, 0.25) is 0 Å². The molecule has 1 saturated heterocycles. The number of nitro benzene ring substituents is 1. The van der Waals surface area contributed by atoms with Crippen LogP contribution < -0.4 is 0 Å². The van der Waals surface area contributed by atoms with Gasteiger partial charge in [0.15, 0.2) is 0 Å². The number of hydrogen-bond donors (Lipinski definition) is 0. The van der Waals surface area contributed by atoms with Crippen molar-refractivity contribution >= 4 is 27.0 Å². The van der Waals surface area contributed by atoms with Crippen LogP contribution in [0.5, 0.6) is 0 Å². The standard InChI is InChI=1S/C16H19N3O4S2/c1-13(14-4-2-5-15(12-14)19(20)21)17-7-9-18(10-8-17)25(22,23)16-6-3-11-24-16/h2-6,11-13H,7-10H2,1H3/t13-/m0/s1. The van der Waals surface area contributed by atoms with E-state index in [1.807, 2.05) is 13.0 Å². The lowest BCUT2D eigenvalue weighted by Gasteiger charge is -2.37. The molecule has 25 heavy (non-hydrogen) atoms. The van der Waals surface area contributed by atoms with Crippen molar-refractivity contribution in [1.29, 1.82) is 0 Å². The van der Waals surface area contributed by atoms with Gasteiger partial charge < -0.3 is 0 Å². The average molecular weight is 381 g/mol. The minimum absolute atomic E-state index is 0.00788. The molecule has 134 valence electrons. The molecule has 1 fully saturated rings. The highest BCUT2D eigenvalue weighted by Gasteiger charge is 2.31. The summed E-state index contributed by atoms with van der Waals surface area (Å²) in [5, 5.41) is 12.7. The Labute approximate surface area is 150 Å². The van der Waals surface area contributed by atoms with Crippen LogP contribution in [0.15, 0.2) is 46.0 Å². The van der Waals surface area contributed by atoms with Crippen LogP contribution in [0, 0.1) is 10.1 Å². The molecular weight excluding hydrogens is 362 g/mol. The highest BCUT2D eigenvalue weighted by Crippen LogP contribution is 2.27. The van der Waals surface area contributed by atoms with Crippen molar-refractivity contribution in [3.63, 3.8) is 0 Å². The van der Waals surface area contributed by atoms with Gasteiger partial charge in [-0.15, -0.1) is 11.3 Å². The van der Waals surface area contributed by atoms with Crippen LogP contribution in [0.1, 0.15) is 18.5 Å². The summed E-state index contributed by atoms with van der Waals surface area (Å²) in [5.74, 6) is 0. The summed E-state index contributed by atoms with van der Waals surface area (Å²) < 4.78 is 27.0. The predicted octanol–water partition coefficient (Wildman–Crippen LogP) is 2.72. The van der Waals surface area contributed by atoms with Crippen molar-refractivity contribution < 1.29 is 13.3 Å². The van der Waals surface area contributed by atoms with Gasteiger partial charge in [0.25, 0.3) is 15.7 Å². The van der Waals surface area contributed by atoms with Gasteiger partial charge >= 0.3 is 0 Å². The Hall–Kier alpha value is -1.81. The Morgan fingerprint density at radius 3 is 2.48 bits per heavy atom. The normalized spacial score (nSPS) is 18.1. The summed E-state index contributed by atoms with van der Waals surface area (Å²) in [6, 6.07) is 9.96. The zero-order chi connectivity index (χ0) is 18.0. The summed E-state index contributed by atoms with van der Waals surface area (Å²) in [6.45, 7) is 4.00. The quantitative estimate of drug-likeness (QED) is 0.587. The fourth-order valence-electron chi connectivity index (χ4n) is 2.98. The van der Waals surface area contributed by atoms with E-state index in [0.29, 0.717) is 30.4 Å². The second kappa shape index (κ2) is 7.20. The predicted molar refractivity (Wildman–Crippen MR) is 96.2 cm³/mol. The van der Waals surface area contributed by atoms with E-state index in [0.717, 1.165) is 5.56 Å². The van der Waals surface area contributed by atoms with Crippen LogP contribution in [-0.2, 0) is 10.0 Å². The number of benzene rings is 1. The second-order valence-electron chi connectivity index (χ2n) is 5.90. The maximum absolute atomic E-state index is 12.6. The van der Waals surface area contributed by atoms with Gasteiger partial charge in [0, 0.05) is 44.4 Å². The van der Waals surface area contributed by atoms with Crippen molar-refractivity contribution in [2.75, 3.05) is 26.2 Å². The number of rotatable bonds is 5. The molecule has 0 radical (unpaired) electrons. The SMILES string of the molecule is C[C@@H](c1cccc([N+](=O)[O-])c1)N1CCN(S(=O)(=O)c2cccs2)CC1. The van der Waals surface area contributed by atoms with Crippen molar-refractivity contribution in [2.24, 2.45) is 0 Å². The molecule has 2 aromatic rings. The van der Waals surface area contributed by atoms with E-state index in [2.05, 4.69) is 4.90 Å². The summed E-state index contributed by atoms with van der Waals surface area (Å²) in [5.41, 5.74) is 0.937. The van der Waals surface area contributed by atoms with E-state index >= 15 is 0 Å². The van der Waals surface area contributed by atoms with Gasteiger partial charge in [0.05, 0.1) is 4.92 Å². The summed E-state index contributed by atoms with van der Waals surface area (Å²) in [4.78, 5) is 12.7. The third-order valence-corrected chi connectivity index (χ3v) is 7.75. The number of piperazine rings is 1. The Morgan fingerprint density at radius 1 is 1.16 bits per heavy atom. The Kier molecular flexibility index (Phi) is 5.19. The molecule has 0 N–H and O–H groups in total. The van der Waals surface area contributed by atoms with E-state index in [1.165, 1.54) is 21.7 Å². The van der Waals surface area contributed by atoms with Crippen molar-refractivity contribution in [3.8, 4) is 0 Å². The average Bonchev–Trinajstić information content (AvgIpc) is 3.17. The first-order chi connectivity index (χ1) is 11.9. The van der Waals surface area contributed by atoms with Crippen molar-refractivity contribution in [1.82, 2.24) is 9.21 Å². The largest absolute Gasteiger partial charge is 0.294 e. The van der Waals surface area contributed by atoms with E-state index in [-0.39, 0.29) is 11.7 Å². The van der Waals surface area contributed by atoms with Crippen LogP contribution in [0.4, 0.5) is 5.69 Å². The molecule has 1 aliphatic heterocycles. The molecule has 1 atom stereocenters. The lowest BCUT2D eigenvalue weighted by molar-refractivity contribution is -0.385. The minimum Gasteiger partial charge on any atom is -0.294 e. The van der Waals surface area contributed by atoms with Gasteiger partial charge in [-0.2, -0.15) is 4.31 Å². The van der Waals surface area contributed by atoms with Crippen molar-refractivity contribution in [3.05, 3.63) is 57.5 Å². The first kappa shape index (κ1) is 18.0.